The summed E-state index contributed by atoms with van der Waals surface area (Å²) in [5, 5.41) is 16.8. The van der Waals surface area contributed by atoms with Gasteiger partial charge in [0.05, 0.1) is 14.2 Å². The summed E-state index contributed by atoms with van der Waals surface area (Å²) in [4.78, 5) is 24.8. The highest BCUT2D eigenvalue weighted by Gasteiger charge is 2.18. The van der Waals surface area contributed by atoms with Crippen LogP contribution in [0.3, 0.4) is 0 Å². The first-order valence-electron chi connectivity index (χ1n) is 8.91. The van der Waals surface area contributed by atoms with Gasteiger partial charge in [-0.1, -0.05) is 24.3 Å². The van der Waals surface area contributed by atoms with Crippen molar-refractivity contribution < 1.29 is 19.4 Å². The zero-order chi connectivity index (χ0) is 20.8. The Kier molecular flexibility index (Phi) is 6.13. The molecule has 0 spiro atoms. The number of benzene rings is 2. The third-order valence-corrected chi connectivity index (χ3v) is 4.30. The van der Waals surface area contributed by atoms with Gasteiger partial charge in [-0.05, 0) is 36.2 Å². The van der Waals surface area contributed by atoms with Crippen molar-refractivity contribution in [3.63, 3.8) is 0 Å². The van der Waals surface area contributed by atoms with E-state index in [9.17, 15) is 14.7 Å². The lowest BCUT2D eigenvalue weighted by Crippen LogP contribution is -2.30. The second-order valence-corrected chi connectivity index (χ2v) is 6.15. The number of aromatic nitrogens is 2. The van der Waals surface area contributed by atoms with Gasteiger partial charge in [0.2, 0.25) is 0 Å². The number of para-hydroxylation sites is 2. The zero-order valence-electron chi connectivity index (χ0n) is 16.1. The van der Waals surface area contributed by atoms with E-state index in [2.05, 4.69) is 10.4 Å². The van der Waals surface area contributed by atoms with Crippen molar-refractivity contribution in [3.8, 4) is 22.9 Å². The van der Waals surface area contributed by atoms with Crippen molar-refractivity contribution >= 4 is 5.91 Å². The van der Waals surface area contributed by atoms with E-state index in [1.54, 1.807) is 31.4 Å². The van der Waals surface area contributed by atoms with E-state index in [-0.39, 0.29) is 5.69 Å². The molecule has 2 N–H and O–H groups in total. The maximum Gasteiger partial charge on any atom is 0.275 e. The quantitative estimate of drug-likeness (QED) is 0.634. The predicted octanol–water partition coefficient (Wildman–Crippen LogP) is 1.93. The lowest BCUT2D eigenvalue weighted by molar-refractivity contribution is 0.0944. The zero-order valence-corrected chi connectivity index (χ0v) is 16.1. The Morgan fingerprint density at radius 3 is 2.52 bits per heavy atom. The van der Waals surface area contributed by atoms with Crippen LogP contribution in [0.4, 0.5) is 0 Å². The molecule has 2 aromatic carbocycles. The normalized spacial score (nSPS) is 10.4. The van der Waals surface area contributed by atoms with Crippen LogP contribution >= 0.6 is 0 Å². The van der Waals surface area contributed by atoms with Gasteiger partial charge in [0.25, 0.3) is 11.5 Å². The van der Waals surface area contributed by atoms with Gasteiger partial charge >= 0.3 is 0 Å². The molecule has 0 fully saturated rings. The summed E-state index contributed by atoms with van der Waals surface area (Å²) in [7, 11) is 3.07. The second kappa shape index (κ2) is 8.92. The van der Waals surface area contributed by atoms with Crippen molar-refractivity contribution in [2.75, 3.05) is 20.8 Å². The summed E-state index contributed by atoms with van der Waals surface area (Å²) in [5.41, 5.74) is 0.557. The number of aromatic hydroxyl groups is 1. The highest BCUT2D eigenvalue weighted by atomic mass is 16.5. The molecule has 0 bridgehead atoms. The van der Waals surface area contributed by atoms with E-state index in [0.29, 0.717) is 24.4 Å². The molecule has 0 saturated carbocycles. The van der Waals surface area contributed by atoms with Crippen LogP contribution in [-0.4, -0.2) is 41.6 Å². The molecule has 0 aliphatic heterocycles. The van der Waals surface area contributed by atoms with E-state index in [1.807, 2.05) is 24.3 Å². The Hall–Kier alpha value is -3.81. The topological polar surface area (TPSA) is 103 Å². The van der Waals surface area contributed by atoms with E-state index < -0.39 is 17.2 Å². The minimum atomic E-state index is -0.584. The number of methoxy groups -OCH3 is 2. The maximum absolute atomic E-state index is 12.5. The molecule has 0 atom stereocenters. The summed E-state index contributed by atoms with van der Waals surface area (Å²) in [5.74, 6) is 0.104. The summed E-state index contributed by atoms with van der Waals surface area (Å²) in [6.07, 6.45) is 0.586. The molecule has 0 unspecified atom stereocenters. The van der Waals surface area contributed by atoms with Crippen LogP contribution in [0.1, 0.15) is 16.1 Å². The molecule has 8 heteroatoms. The number of rotatable bonds is 7. The van der Waals surface area contributed by atoms with Gasteiger partial charge in [-0.2, -0.15) is 9.78 Å². The Bertz CT molecular complexity index is 1060. The number of hydrogen-bond acceptors (Lipinski definition) is 6. The number of amides is 1. The molecule has 1 heterocycles. The number of nitrogens with zero attached hydrogens (tertiary/aromatic N) is 2. The van der Waals surface area contributed by atoms with Crippen molar-refractivity contribution in [3.05, 3.63) is 76.2 Å². The number of carbonyl (C=O) groups excluding carboxylic acids is 1. The third-order valence-electron chi connectivity index (χ3n) is 4.30. The monoisotopic (exact) mass is 395 g/mol. The summed E-state index contributed by atoms with van der Waals surface area (Å²) >= 11 is 0. The molecular weight excluding hydrogens is 374 g/mol. The Balaban J connectivity index is 1.77. The number of carbonyl (C=O) groups is 1. The van der Waals surface area contributed by atoms with Crippen LogP contribution < -0.4 is 20.3 Å². The van der Waals surface area contributed by atoms with Gasteiger partial charge in [-0.3, -0.25) is 9.59 Å². The molecule has 0 radical (unpaired) electrons. The van der Waals surface area contributed by atoms with E-state index >= 15 is 0 Å². The summed E-state index contributed by atoms with van der Waals surface area (Å²) < 4.78 is 11.4. The molecule has 1 aromatic heterocycles. The molecule has 0 aliphatic carbocycles. The predicted molar refractivity (Wildman–Crippen MR) is 107 cm³/mol. The van der Waals surface area contributed by atoms with Crippen LogP contribution in [-0.2, 0) is 6.42 Å². The fourth-order valence-electron chi connectivity index (χ4n) is 2.78. The third kappa shape index (κ3) is 4.55. The number of nitrogens with one attached hydrogen (secondary N) is 1. The molecule has 1 amide bonds. The Labute approximate surface area is 167 Å². The molecular formula is C21H21N3O5. The van der Waals surface area contributed by atoms with Crippen LogP contribution in [0.25, 0.3) is 5.69 Å². The standard InChI is InChI=1S/C21H21N3O5/c1-28-15-9-7-14(8-10-15)11-12-22-21(27)20-17(25)13-19(26)24(23-20)16-5-3-4-6-18(16)29-2/h3-10,13,25H,11-12H2,1-2H3,(H,22,27). The fourth-order valence-corrected chi connectivity index (χ4v) is 2.78. The maximum atomic E-state index is 12.5. The highest BCUT2D eigenvalue weighted by molar-refractivity contribution is 5.94. The van der Waals surface area contributed by atoms with Crippen LogP contribution in [0.15, 0.2) is 59.4 Å². The highest BCUT2D eigenvalue weighted by Crippen LogP contribution is 2.21. The van der Waals surface area contributed by atoms with Crippen molar-refractivity contribution in [1.29, 1.82) is 0 Å². The minimum absolute atomic E-state index is 0.245. The van der Waals surface area contributed by atoms with E-state index in [1.165, 1.54) is 7.11 Å². The van der Waals surface area contributed by atoms with Crippen molar-refractivity contribution in [2.45, 2.75) is 6.42 Å². The SMILES string of the molecule is COc1ccc(CCNC(=O)c2nn(-c3ccccc3OC)c(=O)cc2O)cc1. The van der Waals surface area contributed by atoms with Gasteiger partial charge in [-0.15, -0.1) is 0 Å². The number of ether oxygens (including phenoxy) is 2. The van der Waals surface area contributed by atoms with Gasteiger partial charge in [0.15, 0.2) is 11.4 Å². The first-order valence-corrected chi connectivity index (χ1v) is 8.91. The fraction of sp³-hybridized carbons (Fsp3) is 0.190. The molecule has 0 aliphatic rings. The smallest absolute Gasteiger partial charge is 0.275 e. The lowest BCUT2D eigenvalue weighted by Gasteiger charge is -2.12. The Morgan fingerprint density at radius 2 is 1.83 bits per heavy atom. The van der Waals surface area contributed by atoms with Crippen LogP contribution in [0, 0.1) is 0 Å². The van der Waals surface area contributed by atoms with Crippen LogP contribution in [0.5, 0.6) is 17.2 Å². The Morgan fingerprint density at radius 1 is 1.10 bits per heavy atom. The molecule has 3 rings (SSSR count). The van der Waals surface area contributed by atoms with Gasteiger partial charge in [0, 0.05) is 12.6 Å². The molecule has 8 nitrogen and oxygen atoms in total. The molecule has 0 saturated heterocycles. The lowest BCUT2D eigenvalue weighted by atomic mass is 10.1. The van der Waals surface area contributed by atoms with Crippen molar-refractivity contribution in [2.24, 2.45) is 0 Å². The summed E-state index contributed by atoms with van der Waals surface area (Å²) in [6.45, 7) is 0.333. The molecule has 29 heavy (non-hydrogen) atoms. The number of hydrogen-bond donors (Lipinski definition) is 2. The molecule has 3 aromatic rings. The first-order chi connectivity index (χ1) is 14.0. The average molecular weight is 395 g/mol. The van der Waals surface area contributed by atoms with Crippen molar-refractivity contribution in [1.82, 2.24) is 15.1 Å². The average Bonchev–Trinajstić information content (AvgIpc) is 2.74. The second-order valence-electron chi connectivity index (χ2n) is 6.15. The van der Waals surface area contributed by atoms with E-state index in [0.717, 1.165) is 22.1 Å². The summed E-state index contributed by atoms with van der Waals surface area (Å²) in [6, 6.07) is 15.2. The van der Waals surface area contributed by atoms with Gasteiger partial charge < -0.3 is 19.9 Å². The van der Waals surface area contributed by atoms with Gasteiger partial charge in [0.1, 0.15) is 17.2 Å². The van der Waals surface area contributed by atoms with E-state index in [4.69, 9.17) is 9.47 Å². The largest absolute Gasteiger partial charge is 0.505 e. The minimum Gasteiger partial charge on any atom is -0.505 e. The molecule has 150 valence electrons. The first kappa shape index (κ1) is 19.9. The van der Waals surface area contributed by atoms with Gasteiger partial charge in [-0.25, -0.2) is 0 Å². The van der Waals surface area contributed by atoms with Crippen LogP contribution in [0.2, 0.25) is 0 Å².